The standard InChI is InChI=1S/C27H26N2O7/c1-32-20-13-18(14-21(15-20)33-2)27(31)36-16-24(30)29-26(23-9-5-11-35-23)22-8-3-6-17(25(22)28-29)12-19-7-4-10-34-19/h4-5,7,9-15,22,26H,3,6,8,16H2,1-2H3. The molecule has 0 spiro atoms. The predicted molar refractivity (Wildman–Crippen MR) is 130 cm³/mol. The van der Waals surface area contributed by atoms with E-state index in [1.54, 1.807) is 24.7 Å². The summed E-state index contributed by atoms with van der Waals surface area (Å²) in [6.07, 6.45) is 7.80. The third kappa shape index (κ3) is 4.64. The second kappa shape index (κ2) is 10.2. The van der Waals surface area contributed by atoms with Gasteiger partial charge in [0.1, 0.15) is 29.1 Å². The number of carbonyl (C=O) groups excluding carboxylic acids is 2. The molecule has 36 heavy (non-hydrogen) atoms. The number of allylic oxidation sites excluding steroid dienone is 1. The molecule has 3 aromatic rings. The Kier molecular flexibility index (Phi) is 6.62. The first-order chi connectivity index (χ1) is 17.6. The molecule has 1 aromatic carbocycles. The number of hydrazone groups is 1. The zero-order valence-corrected chi connectivity index (χ0v) is 20.0. The van der Waals surface area contributed by atoms with Gasteiger partial charge in [0.05, 0.1) is 38.0 Å². The number of methoxy groups -OCH3 is 2. The van der Waals surface area contributed by atoms with E-state index in [2.05, 4.69) is 0 Å². The fourth-order valence-electron chi connectivity index (χ4n) is 4.69. The van der Waals surface area contributed by atoms with E-state index in [0.717, 1.165) is 36.3 Å². The van der Waals surface area contributed by atoms with Crippen molar-refractivity contribution in [2.45, 2.75) is 25.3 Å². The number of nitrogens with zero attached hydrogens (tertiary/aromatic N) is 2. The number of furan rings is 2. The minimum atomic E-state index is -0.669. The monoisotopic (exact) mass is 490 g/mol. The van der Waals surface area contributed by atoms with E-state index in [0.29, 0.717) is 17.3 Å². The minimum absolute atomic E-state index is 0.0339. The van der Waals surface area contributed by atoms with Crippen LogP contribution in [0.25, 0.3) is 6.08 Å². The lowest BCUT2D eigenvalue weighted by atomic mass is 9.79. The molecule has 0 saturated heterocycles. The first kappa shape index (κ1) is 23.5. The van der Waals surface area contributed by atoms with Gasteiger partial charge in [0.15, 0.2) is 6.61 Å². The molecule has 3 heterocycles. The first-order valence-corrected chi connectivity index (χ1v) is 11.7. The number of hydrogen-bond donors (Lipinski definition) is 0. The first-order valence-electron chi connectivity index (χ1n) is 11.7. The molecule has 1 aliphatic carbocycles. The smallest absolute Gasteiger partial charge is 0.338 e. The molecule has 2 aromatic heterocycles. The molecule has 1 aliphatic heterocycles. The maximum atomic E-state index is 13.3. The Morgan fingerprint density at radius 3 is 2.50 bits per heavy atom. The van der Waals surface area contributed by atoms with Crippen molar-refractivity contribution in [1.29, 1.82) is 0 Å². The molecule has 9 nitrogen and oxygen atoms in total. The summed E-state index contributed by atoms with van der Waals surface area (Å²) in [6, 6.07) is 11.6. The van der Waals surface area contributed by atoms with Gasteiger partial charge in [-0.25, -0.2) is 9.80 Å². The number of ether oxygens (including phenoxy) is 3. The van der Waals surface area contributed by atoms with E-state index >= 15 is 0 Å². The number of fused-ring (bicyclic) bond motifs is 1. The van der Waals surface area contributed by atoms with Crippen LogP contribution < -0.4 is 9.47 Å². The number of rotatable bonds is 7. The van der Waals surface area contributed by atoms with E-state index in [4.69, 9.17) is 28.1 Å². The topological polar surface area (TPSA) is 104 Å². The Hall–Kier alpha value is -4.27. The van der Waals surface area contributed by atoms with Crippen LogP contribution >= 0.6 is 0 Å². The second-order valence-electron chi connectivity index (χ2n) is 8.54. The van der Waals surface area contributed by atoms with Gasteiger partial charge in [0, 0.05) is 12.0 Å². The Labute approximate surface area is 207 Å². The maximum absolute atomic E-state index is 13.3. The summed E-state index contributed by atoms with van der Waals surface area (Å²) in [4.78, 5) is 26.0. The summed E-state index contributed by atoms with van der Waals surface area (Å²) in [5, 5.41) is 6.10. The van der Waals surface area contributed by atoms with Crippen LogP contribution in [-0.2, 0) is 9.53 Å². The van der Waals surface area contributed by atoms with Crippen molar-refractivity contribution in [2.24, 2.45) is 11.0 Å². The van der Waals surface area contributed by atoms with Gasteiger partial charge in [-0.05, 0) is 67.3 Å². The van der Waals surface area contributed by atoms with E-state index in [9.17, 15) is 9.59 Å². The summed E-state index contributed by atoms with van der Waals surface area (Å²) < 4.78 is 27.0. The second-order valence-corrected chi connectivity index (χ2v) is 8.54. The lowest BCUT2D eigenvalue weighted by Gasteiger charge is -2.27. The number of carbonyl (C=O) groups is 2. The molecule has 0 radical (unpaired) electrons. The van der Waals surface area contributed by atoms with E-state index < -0.39 is 24.5 Å². The van der Waals surface area contributed by atoms with E-state index in [1.807, 2.05) is 24.3 Å². The molecule has 5 rings (SSSR count). The minimum Gasteiger partial charge on any atom is -0.497 e. The molecule has 0 bridgehead atoms. The molecule has 2 unspecified atom stereocenters. The normalized spacial score (nSPS) is 20.1. The van der Waals surface area contributed by atoms with Gasteiger partial charge in [-0.1, -0.05) is 0 Å². The van der Waals surface area contributed by atoms with Crippen LogP contribution in [0.4, 0.5) is 0 Å². The van der Waals surface area contributed by atoms with Crippen LogP contribution in [0.3, 0.4) is 0 Å². The highest BCUT2D eigenvalue weighted by Crippen LogP contribution is 2.44. The largest absolute Gasteiger partial charge is 0.497 e. The van der Waals surface area contributed by atoms with Crippen LogP contribution in [0.1, 0.15) is 47.2 Å². The molecular formula is C27H26N2O7. The molecule has 1 saturated carbocycles. The summed E-state index contributed by atoms with van der Waals surface area (Å²) in [5.74, 6) is 1.10. The van der Waals surface area contributed by atoms with Crippen molar-refractivity contribution >= 4 is 23.7 Å². The Morgan fingerprint density at radius 1 is 1.08 bits per heavy atom. The van der Waals surface area contributed by atoms with E-state index in [-0.39, 0.29) is 11.5 Å². The molecule has 2 aliphatic rings. The molecule has 0 N–H and O–H groups in total. The van der Waals surface area contributed by atoms with Gasteiger partial charge >= 0.3 is 5.97 Å². The Morgan fingerprint density at radius 2 is 1.83 bits per heavy atom. The van der Waals surface area contributed by atoms with E-state index in [1.165, 1.54) is 31.4 Å². The zero-order chi connectivity index (χ0) is 25.1. The van der Waals surface area contributed by atoms with Crippen molar-refractivity contribution in [3.63, 3.8) is 0 Å². The highest BCUT2D eigenvalue weighted by molar-refractivity contribution is 6.08. The van der Waals surface area contributed by atoms with Crippen LogP contribution in [0.15, 0.2) is 74.5 Å². The van der Waals surface area contributed by atoms with Crippen molar-refractivity contribution in [2.75, 3.05) is 20.8 Å². The highest BCUT2D eigenvalue weighted by atomic mass is 16.5. The Balaban J connectivity index is 1.38. The number of benzene rings is 1. The molecule has 1 amide bonds. The average molecular weight is 491 g/mol. The fraction of sp³-hybridized carbons (Fsp3) is 0.296. The number of amides is 1. The SMILES string of the molecule is COc1cc(OC)cc(C(=O)OCC(=O)N2N=C3C(=Cc4ccco4)CCCC3C2c2ccco2)c1. The van der Waals surface area contributed by atoms with Gasteiger partial charge in [0.2, 0.25) is 0 Å². The van der Waals surface area contributed by atoms with Crippen molar-refractivity contribution in [1.82, 2.24) is 5.01 Å². The fourth-order valence-corrected chi connectivity index (χ4v) is 4.69. The third-order valence-electron chi connectivity index (χ3n) is 6.37. The zero-order valence-electron chi connectivity index (χ0n) is 20.0. The summed E-state index contributed by atoms with van der Waals surface area (Å²) >= 11 is 0. The molecule has 1 fully saturated rings. The van der Waals surface area contributed by atoms with Crippen molar-refractivity contribution < 1.29 is 32.6 Å². The van der Waals surface area contributed by atoms with Gasteiger partial charge < -0.3 is 23.0 Å². The lowest BCUT2D eigenvalue weighted by molar-refractivity contribution is -0.137. The predicted octanol–water partition coefficient (Wildman–Crippen LogP) is 4.87. The molecule has 186 valence electrons. The quantitative estimate of drug-likeness (QED) is 0.435. The van der Waals surface area contributed by atoms with Gasteiger partial charge in [-0.15, -0.1) is 0 Å². The average Bonchev–Trinajstić information content (AvgIpc) is 3.68. The van der Waals surface area contributed by atoms with Gasteiger partial charge in [-0.2, -0.15) is 5.10 Å². The molecule has 9 heteroatoms. The molecule has 2 atom stereocenters. The number of esters is 1. The summed E-state index contributed by atoms with van der Waals surface area (Å²) in [5.41, 5.74) is 2.07. The summed E-state index contributed by atoms with van der Waals surface area (Å²) in [7, 11) is 2.98. The van der Waals surface area contributed by atoms with Crippen LogP contribution in [-0.4, -0.2) is 43.4 Å². The number of hydrogen-bond acceptors (Lipinski definition) is 8. The maximum Gasteiger partial charge on any atom is 0.338 e. The van der Waals surface area contributed by atoms with Crippen molar-refractivity contribution in [3.8, 4) is 11.5 Å². The van der Waals surface area contributed by atoms with Crippen LogP contribution in [0.2, 0.25) is 0 Å². The van der Waals surface area contributed by atoms with Gasteiger partial charge in [-0.3, -0.25) is 4.79 Å². The Bertz CT molecular complexity index is 1270. The summed E-state index contributed by atoms with van der Waals surface area (Å²) in [6.45, 7) is -0.476. The van der Waals surface area contributed by atoms with Crippen LogP contribution in [0.5, 0.6) is 11.5 Å². The van der Waals surface area contributed by atoms with Gasteiger partial charge in [0.25, 0.3) is 5.91 Å². The third-order valence-corrected chi connectivity index (χ3v) is 6.37. The van der Waals surface area contributed by atoms with Crippen molar-refractivity contribution in [3.05, 3.63) is 77.6 Å². The molecular weight excluding hydrogens is 464 g/mol. The lowest BCUT2D eigenvalue weighted by Crippen LogP contribution is -2.34. The van der Waals surface area contributed by atoms with Crippen LogP contribution in [0, 0.1) is 5.92 Å². The highest BCUT2D eigenvalue weighted by Gasteiger charge is 2.45.